The van der Waals surface area contributed by atoms with Crippen molar-refractivity contribution in [2.45, 2.75) is 0 Å². The van der Waals surface area contributed by atoms with E-state index in [0.717, 1.165) is 89.3 Å². The van der Waals surface area contributed by atoms with E-state index >= 15 is 0 Å². The Balaban J connectivity index is 1.00. The SMILES string of the molecule is c1ccc(-c2cc(-c3ccc(-c4ccc(-c5cccc6c5cc(-c5ccccc5)n5nc(-c7ccccc7)c(-c7ccccc7)c65)cc4)cc3)nc(-c3ccccc3)n2)cc1. The largest absolute Gasteiger partial charge is 0.231 e. The van der Waals surface area contributed by atoms with Crippen molar-refractivity contribution in [1.29, 1.82) is 0 Å². The molecular formula is C57H38N4. The van der Waals surface area contributed by atoms with E-state index in [9.17, 15) is 0 Å². The first-order valence-electron chi connectivity index (χ1n) is 20.6. The topological polar surface area (TPSA) is 43.1 Å². The summed E-state index contributed by atoms with van der Waals surface area (Å²) >= 11 is 0. The molecule has 0 amide bonds. The molecule has 0 unspecified atom stereocenters. The van der Waals surface area contributed by atoms with Crippen molar-refractivity contribution < 1.29 is 0 Å². The Bertz CT molecular complexity index is 3230. The second-order valence-corrected chi connectivity index (χ2v) is 15.2. The minimum Gasteiger partial charge on any atom is -0.231 e. The van der Waals surface area contributed by atoms with Crippen LogP contribution in [0.3, 0.4) is 0 Å². The predicted molar refractivity (Wildman–Crippen MR) is 252 cm³/mol. The third-order valence-electron chi connectivity index (χ3n) is 11.5. The standard InChI is InChI=1S/C57H38N4/c1-6-17-42(18-7-1)51-38-52(59-57(58-51)47-25-14-5-15-26-47)43-35-31-40(32-36-43)39-29-33-41(34-30-39)48-27-16-28-49-50(48)37-53(44-19-8-2-9-20-44)61-56(49)54(45-21-10-3-11-22-45)55(60-61)46-23-12-4-13-24-46/h1-38H. The molecule has 61 heavy (non-hydrogen) atoms. The monoisotopic (exact) mass is 778 g/mol. The molecule has 0 atom stereocenters. The molecule has 0 saturated carbocycles. The van der Waals surface area contributed by atoms with Crippen molar-refractivity contribution >= 4 is 16.3 Å². The van der Waals surface area contributed by atoms with Crippen molar-refractivity contribution in [3.05, 3.63) is 231 Å². The molecule has 3 heterocycles. The molecule has 0 radical (unpaired) electrons. The Morgan fingerprint density at radius 1 is 0.311 bits per heavy atom. The van der Waals surface area contributed by atoms with Crippen LogP contribution < -0.4 is 0 Å². The summed E-state index contributed by atoms with van der Waals surface area (Å²) in [6.07, 6.45) is 0. The van der Waals surface area contributed by atoms with Gasteiger partial charge in [-0.25, -0.2) is 14.5 Å². The molecule has 0 aliphatic carbocycles. The maximum Gasteiger partial charge on any atom is 0.160 e. The van der Waals surface area contributed by atoms with Crippen LogP contribution in [-0.2, 0) is 0 Å². The van der Waals surface area contributed by atoms with Gasteiger partial charge in [-0.2, -0.15) is 5.10 Å². The maximum absolute atomic E-state index is 5.40. The fraction of sp³-hybridized carbons (Fsp3) is 0. The number of pyridine rings is 1. The lowest BCUT2D eigenvalue weighted by molar-refractivity contribution is 0.979. The first kappa shape index (κ1) is 35.9. The Morgan fingerprint density at radius 2 is 0.770 bits per heavy atom. The van der Waals surface area contributed by atoms with E-state index in [2.05, 4.69) is 199 Å². The number of rotatable bonds is 8. The van der Waals surface area contributed by atoms with Gasteiger partial charge in [0.25, 0.3) is 0 Å². The van der Waals surface area contributed by atoms with E-state index in [0.29, 0.717) is 5.82 Å². The Hall–Kier alpha value is -8.21. The van der Waals surface area contributed by atoms with Gasteiger partial charge in [-0.1, -0.05) is 218 Å². The predicted octanol–water partition coefficient (Wildman–Crippen LogP) is 14.6. The van der Waals surface area contributed by atoms with E-state index in [-0.39, 0.29) is 0 Å². The number of hydrogen-bond donors (Lipinski definition) is 0. The van der Waals surface area contributed by atoms with Gasteiger partial charge in [-0.05, 0) is 45.3 Å². The lowest BCUT2D eigenvalue weighted by atomic mass is 9.92. The smallest absolute Gasteiger partial charge is 0.160 e. The minimum absolute atomic E-state index is 0.711. The molecule has 4 nitrogen and oxygen atoms in total. The lowest BCUT2D eigenvalue weighted by Crippen LogP contribution is -1.96. The molecule has 286 valence electrons. The molecule has 8 aromatic carbocycles. The number of fused-ring (bicyclic) bond motifs is 3. The zero-order valence-corrected chi connectivity index (χ0v) is 33.2. The Labute approximate surface area is 354 Å². The van der Waals surface area contributed by atoms with Gasteiger partial charge in [0.2, 0.25) is 0 Å². The normalized spacial score (nSPS) is 11.3. The fourth-order valence-electron chi connectivity index (χ4n) is 8.45. The van der Waals surface area contributed by atoms with Gasteiger partial charge in [0.1, 0.15) is 5.69 Å². The van der Waals surface area contributed by atoms with Crippen LogP contribution in [0.1, 0.15) is 0 Å². The summed E-state index contributed by atoms with van der Waals surface area (Å²) in [5.74, 6) is 0.711. The van der Waals surface area contributed by atoms with Crippen molar-refractivity contribution in [1.82, 2.24) is 19.6 Å². The molecule has 4 heteroatoms. The summed E-state index contributed by atoms with van der Waals surface area (Å²) in [5.41, 5.74) is 17.1. The van der Waals surface area contributed by atoms with Crippen LogP contribution in [0, 0.1) is 0 Å². The van der Waals surface area contributed by atoms with E-state index in [4.69, 9.17) is 15.1 Å². The molecule has 0 saturated heterocycles. The zero-order valence-electron chi connectivity index (χ0n) is 33.2. The molecule has 11 rings (SSSR count). The van der Waals surface area contributed by atoms with Crippen LogP contribution in [0.5, 0.6) is 0 Å². The van der Waals surface area contributed by atoms with Crippen LogP contribution in [0.4, 0.5) is 0 Å². The summed E-state index contributed by atoms with van der Waals surface area (Å²) in [4.78, 5) is 10.0. The first-order valence-corrected chi connectivity index (χ1v) is 20.6. The van der Waals surface area contributed by atoms with Crippen LogP contribution >= 0.6 is 0 Å². The molecule has 3 aromatic heterocycles. The lowest BCUT2D eigenvalue weighted by Gasteiger charge is -2.14. The average molecular weight is 779 g/mol. The van der Waals surface area contributed by atoms with Crippen LogP contribution in [0.25, 0.3) is 106 Å². The van der Waals surface area contributed by atoms with Gasteiger partial charge in [0.15, 0.2) is 5.82 Å². The van der Waals surface area contributed by atoms with E-state index in [1.54, 1.807) is 0 Å². The molecule has 0 bridgehead atoms. The Kier molecular flexibility index (Phi) is 9.14. The van der Waals surface area contributed by atoms with Gasteiger partial charge >= 0.3 is 0 Å². The maximum atomic E-state index is 5.40. The first-order chi connectivity index (χ1) is 30.2. The van der Waals surface area contributed by atoms with Gasteiger partial charge in [-0.15, -0.1) is 0 Å². The van der Waals surface area contributed by atoms with Gasteiger partial charge < -0.3 is 0 Å². The highest BCUT2D eigenvalue weighted by Gasteiger charge is 2.22. The number of hydrogen-bond acceptors (Lipinski definition) is 3. The summed E-state index contributed by atoms with van der Waals surface area (Å²) < 4.78 is 2.16. The summed E-state index contributed by atoms with van der Waals surface area (Å²) in [7, 11) is 0. The molecule has 0 N–H and O–H groups in total. The van der Waals surface area contributed by atoms with Gasteiger partial charge in [-0.3, -0.25) is 0 Å². The van der Waals surface area contributed by atoms with Crippen LogP contribution in [0.15, 0.2) is 231 Å². The third-order valence-corrected chi connectivity index (χ3v) is 11.5. The highest BCUT2D eigenvalue weighted by molar-refractivity contribution is 6.12. The second kappa shape index (κ2) is 15.5. The quantitative estimate of drug-likeness (QED) is 0.154. The molecular weight excluding hydrogens is 741 g/mol. The van der Waals surface area contributed by atoms with Crippen molar-refractivity contribution in [3.63, 3.8) is 0 Å². The van der Waals surface area contributed by atoms with Crippen LogP contribution in [0.2, 0.25) is 0 Å². The molecule has 0 fully saturated rings. The zero-order chi connectivity index (χ0) is 40.5. The van der Waals surface area contributed by atoms with Crippen LogP contribution in [-0.4, -0.2) is 19.6 Å². The van der Waals surface area contributed by atoms with E-state index < -0.39 is 0 Å². The van der Waals surface area contributed by atoms with E-state index in [1.807, 2.05) is 36.4 Å². The highest BCUT2D eigenvalue weighted by Crippen LogP contribution is 2.43. The molecule has 0 spiro atoms. The molecule has 11 aromatic rings. The van der Waals surface area contributed by atoms with Crippen molar-refractivity contribution in [2.24, 2.45) is 0 Å². The number of nitrogens with zero attached hydrogens (tertiary/aromatic N) is 4. The van der Waals surface area contributed by atoms with Crippen molar-refractivity contribution in [2.75, 3.05) is 0 Å². The summed E-state index contributed by atoms with van der Waals surface area (Å²) in [6.45, 7) is 0. The third kappa shape index (κ3) is 6.76. The van der Waals surface area contributed by atoms with Gasteiger partial charge in [0.05, 0.1) is 22.6 Å². The number of aromatic nitrogens is 4. The average Bonchev–Trinajstić information content (AvgIpc) is 3.76. The number of benzene rings is 8. The summed E-state index contributed by atoms with van der Waals surface area (Å²) in [5, 5.41) is 7.74. The second-order valence-electron chi connectivity index (χ2n) is 15.2. The summed E-state index contributed by atoms with van der Waals surface area (Å²) in [6, 6.07) is 81.0. The van der Waals surface area contributed by atoms with Gasteiger partial charge in [0, 0.05) is 38.8 Å². The fourth-order valence-corrected chi connectivity index (χ4v) is 8.45. The van der Waals surface area contributed by atoms with Crippen molar-refractivity contribution in [3.8, 4) is 89.8 Å². The molecule has 0 aliphatic rings. The Morgan fingerprint density at radius 3 is 1.34 bits per heavy atom. The van der Waals surface area contributed by atoms with E-state index in [1.165, 1.54) is 10.9 Å². The minimum atomic E-state index is 0.711. The highest BCUT2D eigenvalue weighted by atomic mass is 15.2. The molecule has 0 aliphatic heterocycles.